The van der Waals surface area contributed by atoms with E-state index in [0.29, 0.717) is 6.04 Å². The standard InChI is InChI=1S/C12H22N4/c1-3-7-16(13-2)8-6-14-12-5-4-10-9-11(10)15-12/h4-5,10-11,13H,3,6-9H2,1-2H3,(H,14,15). The zero-order valence-electron chi connectivity index (χ0n) is 10.2. The van der Waals surface area contributed by atoms with Crippen LogP contribution in [0.15, 0.2) is 17.1 Å². The third kappa shape index (κ3) is 3.06. The molecule has 0 amide bonds. The van der Waals surface area contributed by atoms with Crippen LogP contribution in [0.2, 0.25) is 0 Å². The van der Waals surface area contributed by atoms with Gasteiger partial charge in [-0.05, 0) is 31.9 Å². The molecule has 1 saturated carbocycles. The Bertz CT molecular complexity index is 285. The highest BCUT2D eigenvalue weighted by molar-refractivity contribution is 5.94. The fourth-order valence-corrected chi connectivity index (χ4v) is 2.04. The lowest BCUT2D eigenvalue weighted by Gasteiger charge is -2.19. The minimum absolute atomic E-state index is 0.680. The van der Waals surface area contributed by atoms with E-state index in [4.69, 9.17) is 0 Å². The minimum Gasteiger partial charge on any atom is -0.367 e. The van der Waals surface area contributed by atoms with Gasteiger partial charge in [0.1, 0.15) is 5.84 Å². The van der Waals surface area contributed by atoms with Crippen LogP contribution < -0.4 is 10.7 Å². The number of hydrogen-bond donors (Lipinski definition) is 2. The summed E-state index contributed by atoms with van der Waals surface area (Å²) in [6.45, 7) is 5.09. The quantitative estimate of drug-likeness (QED) is 0.652. The molecule has 16 heavy (non-hydrogen) atoms. The second-order valence-electron chi connectivity index (χ2n) is 4.49. The molecule has 1 aliphatic carbocycles. The van der Waals surface area contributed by atoms with E-state index >= 15 is 0 Å². The molecule has 0 aromatic rings. The Morgan fingerprint density at radius 3 is 3.12 bits per heavy atom. The molecule has 0 aromatic carbocycles. The van der Waals surface area contributed by atoms with Gasteiger partial charge in [0.15, 0.2) is 0 Å². The molecule has 2 atom stereocenters. The molecule has 0 spiro atoms. The minimum atomic E-state index is 0.680. The number of hydrogen-bond acceptors (Lipinski definition) is 3. The lowest BCUT2D eigenvalue weighted by molar-refractivity contribution is 0.214. The SMILES string of the molecule is CCCN(CCN=C1C=CC2CC2N1)NC. The summed E-state index contributed by atoms with van der Waals surface area (Å²) in [4.78, 5) is 4.57. The van der Waals surface area contributed by atoms with Crippen molar-refractivity contribution in [3.05, 3.63) is 12.2 Å². The average molecular weight is 222 g/mol. The first-order valence-corrected chi connectivity index (χ1v) is 6.25. The molecule has 4 heteroatoms. The highest BCUT2D eigenvalue weighted by Crippen LogP contribution is 2.33. The van der Waals surface area contributed by atoms with Crippen molar-refractivity contribution >= 4 is 5.84 Å². The summed E-state index contributed by atoms with van der Waals surface area (Å²) in [7, 11) is 1.97. The average Bonchev–Trinajstić information content (AvgIpc) is 3.06. The van der Waals surface area contributed by atoms with E-state index in [1.807, 2.05) is 7.05 Å². The van der Waals surface area contributed by atoms with Crippen LogP contribution in [0.4, 0.5) is 0 Å². The number of nitrogens with one attached hydrogen (secondary N) is 2. The largest absolute Gasteiger partial charge is 0.367 e. The molecule has 0 aromatic heterocycles. The monoisotopic (exact) mass is 222 g/mol. The summed E-state index contributed by atoms with van der Waals surface area (Å²) in [5.74, 6) is 1.85. The summed E-state index contributed by atoms with van der Waals surface area (Å²) < 4.78 is 0. The Balaban J connectivity index is 1.71. The molecule has 2 unspecified atom stereocenters. The molecule has 0 saturated heterocycles. The van der Waals surface area contributed by atoms with Gasteiger partial charge in [-0.25, -0.2) is 5.01 Å². The first-order valence-electron chi connectivity index (χ1n) is 6.25. The topological polar surface area (TPSA) is 39.7 Å². The van der Waals surface area contributed by atoms with E-state index < -0.39 is 0 Å². The van der Waals surface area contributed by atoms with E-state index in [9.17, 15) is 0 Å². The Labute approximate surface area is 97.8 Å². The summed E-state index contributed by atoms with van der Waals surface area (Å²) in [6.07, 6.45) is 6.85. The van der Waals surface area contributed by atoms with Crippen molar-refractivity contribution in [2.45, 2.75) is 25.8 Å². The number of amidine groups is 1. The number of fused-ring (bicyclic) bond motifs is 1. The summed E-state index contributed by atoms with van der Waals surface area (Å²) in [5.41, 5.74) is 3.18. The van der Waals surface area contributed by atoms with E-state index in [1.54, 1.807) is 0 Å². The maximum atomic E-state index is 4.57. The van der Waals surface area contributed by atoms with Gasteiger partial charge in [0.25, 0.3) is 0 Å². The van der Waals surface area contributed by atoms with Crippen LogP contribution in [0.3, 0.4) is 0 Å². The van der Waals surface area contributed by atoms with Crippen molar-refractivity contribution in [1.29, 1.82) is 0 Å². The van der Waals surface area contributed by atoms with Crippen LogP contribution in [0, 0.1) is 5.92 Å². The Hall–Kier alpha value is -0.870. The zero-order chi connectivity index (χ0) is 11.4. The molecule has 4 nitrogen and oxygen atoms in total. The van der Waals surface area contributed by atoms with E-state index in [1.165, 1.54) is 12.8 Å². The van der Waals surface area contributed by atoms with E-state index in [0.717, 1.165) is 31.4 Å². The maximum Gasteiger partial charge on any atom is 0.120 e. The van der Waals surface area contributed by atoms with Gasteiger partial charge in [0, 0.05) is 19.1 Å². The summed E-state index contributed by atoms with van der Waals surface area (Å²) in [6, 6.07) is 0.680. The molecule has 2 rings (SSSR count). The first-order chi connectivity index (χ1) is 7.83. The molecular formula is C12H22N4. The highest BCUT2D eigenvalue weighted by atomic mass is 15.5. The van der Waals surface area contributed by atoms with Gasteiger partial charge in [-0.2, -0.15) is 0 Å². The number of hydrazine groups is 1. The molecule has 1 fully saturated rings. The van der Waals surface area contributed by atoms with Crippen LogP contribution in [0.25, 0.3) is 0 Å². The van der Waals surface area contributed by atoms with Crippen molar-refractivity contribution in [3.63, 3.8) is 0 Å². The van der Waals surface area contributed by atoms with Gasteiger partial charge in [-0.1, -0.05) is 13.0 Å². The van der Waals surface area contributed by atoms with Crippen molar-refractivity contribution in [2.24, 2.45) is 10.9 Å². The maximum absolute atomic E-state index is 4.57. The van der Waals surface area contributed by atoms with Crippen LogP contribution in [0.1, 0.15) is 19.8 Å². The molecule has 2 aliphatic rings. The number of nitrogens with zero attached hydrogens (tertiary/aromatic N) is 2. The molecule has 2 N–H and O–H groups in total. The van der Waals surface area contributed by atoms with Gasteiger partial charge >= 0.3 is 0 Å². The van der Waals surface area contributed by atoms with Crippen molar-refractivity contribution < 1.29 is 0 Å². The van der Waals surface area contributed by atoms with Crippen LogP contribution >= 0.6 is 0 Å². The van der Waals surface area contributed by atoms with Crippen LogP contribution in [-0.4, -0.2) is 43.6 Å². The van der Waals surface area contributed by atoms with Gasteiger partial charge < -0.3 is 5.32 Å². The highest BCUT2D eigenvalue weighted by Gasteiger charge is 2.37. The van der Waals surface area contributed by atoms with Crippen LogP contribution in [-0.2, 0) is 0 Å². The number of rotatable bonds is 6. The smallest absolute Gasteiger partial charge is 0.120 e. The molecule has 1 aliphatic heterocycles. The molecular weight excluding hydrogens is 200 g/mol. The predicted octanol–water partition coefficient (Wildman–Crippen LogP) is 0.779. The van der Waals surface area contributed by atoms with Gasteiger partial charge in [0.05, 0.1) is 6.54 Å². The van der Waals surface area contributed by atoms with Gasteiger partial charge in [-0.15, -0.1) is 0 Å². The Morgan fingerprint density at radius 2 is 2.44 bits per heavy atom. The second-order valence-corrected chi connectivity index (χ2v) is 4.49. The predicted molar refractivity (Wildman–Crippen MR) is 67.4 cm³/mol. The zero-order valence-corrected chi connectivity index (χ0v) is 10.2. The van der Waals surface area contributed by atoms with Crippen molar-refractivity contribution in [1.82, 2.24) is 15.8 Å². The fourth-order valence-electron chi connectivity index (χ4n) is 2.04. The van der Waals surface area contributed by atoms with E-state index in [2.05, 4.69) is 39.8 Å². The normalized spacial score (nSPS) is 29.3. The van der Waals surface area contributed by atoms with Gasteiger partial charge in [-0.3, -0.25) is 10.4 Å². The molecule has 0 bridgehead atoms. The fraction of sp³-hybridized carbons (Fsp3) is 0.750. The van der Waals surface area contributed by atoms with Gasteiger partial charge in [0.2, 0.25) is 0 Å². The van der Waals surface area contributed by atoms with Crippen molar-refractivity contribution in [3.8, 4) is 0 Å². The lowest BCUT2D eigenvalue weighted by Crippen LogP contribution is -2.38. The molecule has 0 radical (unpaired) electrons. The third-order valence-electron chi connectivity index (χ3n) is 3.14. The second kappa shape index (κ2) is 5.46. The third-order valence-corrected chi connectivity index (χ3v) is 3.14. The molecule has 1 heterocycles. The van der Waals surface area contributed by atoms with E-state index in [-0.39, 0.29) is 0 Å². The lowest BCUT2D eigenvalue weighted by atomic mass is 10.3. The van der Waals surface area contributed by atoms with Crippen LogP contribution in [0.5, 0.6) is 0 Å². The number of aliphatic imine (C=N–C) groups is 1. The molecule has 90 valence electrons. The summed E-state index contributed by atoms with van der Waals surface area (Å²) in [5, 5.41) is 5.64. The Morgan fingerprint density at radius 1 is 1.56 bits per heavy atom. The first kappa shape index (κ1) is 11.6. The Kier molecular flexibility index (Phi) is 3.96. The van der Waals surface area contributed by atoms with Crippen molar-refractivity contribution in [2.75, 3.05) is 26.7 Å². The summed E-state index contributed by atoms with van der Waals surface area (Å²) >= 11 is 0.